The number of piperidine rings is 2. The van der Waals surface area contributed by atoms with Gasteiger partial charge in [0.15, 0.2) is 0 Å². The maximum Gasteiger partial charge on any atom is 0.239 e. The van der Waals surface area contributed by atoms with Crippen LogP contribution in [-0.4, -0.2) is 70.5 Å². The van der Waals surface area contributed by atoms with Gasteiger partial charge in [-0.1, -0.05) is 0 Å². The number of nitrogens with zero attached hydrogens (tertiary/aromatic N) is 5. The molecule has 2 saturated heterocycles. The summed E-state index contributed by atoms with van der Waals surface area (Å²) in [6.45, 7) is 2.95. The van der Waals surface area contributed by atoms with E-state index in [1.54, 1.807) is 6.33 Å². The Kier molecular flexibility index (Phi) is 4.39. The molecule has 1 amide bonds. The fraction of sp³-hybridized carbons (Fsp3) is 0.722. The predicted molar refractivity (Wildman–Crippen MR) is 92.8 cm³/mol. The summed E-state index contributed by atoms with van der Waals surface area (Å²) in [6, 6.07) is 3.33. The van der Waals surface area contributed by atoms with Crippen molar-refractivity contribution in [2.75, 3.05) is 31.6 Å². The molecule has 4 rings (SSSR count). The minimum Gasteiger partial charge on any atom is -0.350 e. The van der Waals surface area contributed by atoms with Crippen LogP contribution in [0.1, 0.15) is 38.5 Å². The van der Waals surface area contributed by atoms with Crippen LogP contribution in [0.2, 0.25) is 0 Å². The molecule has 3 fully saturated rings. The summed E-state index contributed by atoms with van der Waals surface area (Å²) in [4.78, 5) is 27.8. The Labute approximate surface area is 143 Å². The Morgan fingerprint density at radius 2 is 1.83 bits per heavy atom. The van der Waals surface area contributed by atoms with Crippen molar-refractivity contribution in [1.29, 1.82) is 0 Å². The molecule has 0 aromatic carbocycles. The summed E-state index contributed by atoms with van der Waals surface area (Å²) in [5, 5.41) is 0. The molecule has 1 saturated carbocycles. The molecule has 0 N–H and O–H groups in total. The zero-order chi connectivity index (χ0) is 16.5. The average Bonchev–Trinajstić information content (AvgIpc) is 3.44. The van der Waals surface area contributed by atoms with Gasteiger partial charge >= 0.3 is 0 Å². The fourth-order valence-electron chi connectivity index (χ4n) is 4.29. The molecule has 1 atom stereocenters. The third-order valence-electron chi connectivity index (χ3n) is 5.74. The molecule has 1 aliphatic carbocycles. The van der Waals surface area contributed by atoms with Gasteiger partial charge in [0.25, 0.3) is 0 Å². The summed E-state index contributed by atoms with van der Waals surface area (Å²) in [6.07, 6.45) is 10.4. The SMILES string of the molecule is CN1CCCC(N2CCC(N(c3ccncn3)C3CC3)CC2)C1=O. The highest BCUT2D eigenvalue weighted by molar-refractivity contribution is 5.82. The average molecular weight is 329 g/mol. The summed E-state index contributed by atoms with van der Waals surface area (Å²) in [5.74, 6) is 1.38. The lowest BCUT2D eigenvalue weighted by molar-refractivity contribution is -0.139. The molecule has 0 radical (unpaired) electrons. The Morgan fingerprint density at radius 3 is 2.50 bits per heavy atom. The van der Waals surface area contributed by atoms with Gasteiger partial charge in [-0.2, -0.15) is 0 Å². The third-order valence-corrected chi connectivity index (χ3v) is 5.74. The van der Waals surface area contributed by atoms with Gasteiger partial charge in [-0.05, 0) is 44.6 Å². The lowest BCUT2D eigenvalue weighted by Gasteiger charge is -2.43. The van der Waals surface area contributed by atoms with Gasteiger partial charge in [-0.25, -0.2) is 9.97 Å². The van der Waals surface area contributed by atoms with E-state index in [4.69, 9.17) is 0 Å². The minimum absolute atomic E-state index is 0.109. The Morgan fingerprint density at radius 1 is 1.08 bits per heavy atom. The zero-order valence-corrected chi connectivity index (χ0v) is 14.5. The van der Waals surface area contributed by atoms with Gasteiger partial charge in [0, 0.05) is 45.0 Å². The molecule has 2 aliphatic heterocycles. The molecule has 130 valence electrons. The number of rotatable bonds is 4. The Balaban J connectivity index is 1.41. The fourth-order valence-corrected chi connectivity index (χ4v) is 4.29. The van der Waals surface area contributed by atoms with Gasteiger partial charge in [0.05, 0.1) is 6.04 Å². The molecule has 0 bridgehead atoms. The van der Waals surface area contributed by atoms with Crippen molar-refractivity contribution in [3.63, 3.8) is 0 Å². The van der Waals surface area contributed by atoms with E-state index < -0.39 is 0 Å². The summed E-state index contributed by atoms with van der Waals surface area (Å²) < 4.78 is 0. The van der Waals surface area contributed by atoms with Crippen molar-refractivity contribution < 1.29 is 4.79 Å². The van der Waals surface area contributed by atoms with E-state index in [1.807, 2.05) is 24.2 Å². The number of amides is 1. The van der Waals surface area contributed by atoms with E-state index in [-0.39, 0.29) is 6.04 Å². The summed E-state index contributed by atoms with van der Waals surface area (Å²) >= 11 is 0. The van der Waals surface area contributed by atoms with Crippen LogP contribution in [-0.2, 0) is 4.79 Å². The Bertz CT molecular complexity index is 568. The van der Waals surface area contributed by atoms with Crippen LogP contribution < -0.4 is 4.90 Å². The third kappa shape index (κ3) is 3.11. The summed E-state index contributed by atoms with van der Waals surface area (Å²) in [5.41, 5.74) is 0. The molecule has 3 heterocycles. The molecule has 24 heavy (non-hydrogen) atoms. The number of hydrogen-bond donors (Lipinski definition) is 0. The zero-order valence-electron chi connectivity index (χ0n) is 14.5. The van der Waals surface area contributed by atoms with E-state index in [1.165, 1.54) is 12.8 Å². The maximum atomic E-state index is 12.4. The van der Waals surface area contributed by atoms with Crippen molar-refractivity contribution in [2.45, 2.75) is 56.7 Å². The van der Waals surface area contributed by atoms with Crippen LogP contribution in [0.25, 0.3) is 0 Å². The summed E-state index contributed by atoms with van der Waals surface area (Å²) in [7, 11) is 1.94. The van der Waals surface area contributed by atoms with Crippen LogP contribution in [0.15, 0.2) is 18.6 Å². The van der Waals surface area contributed by atoms with Gasteiger partial charge < -0.3 is 9.80 Å². The first-order valence-corrected chi connectivity index (χ1v) is 9.27. The second-order valence-electron chi connectivity index (χ2n) is 7.39. The standard InChI is InChI=1S/C18H27N5O/c1-21-10-2-3-16(18(21)24)22-11-7-15(8-12-22)23(14-4-5-14)17-6-9-19-13-20-17/h6,9,13-16H,2-5,7-8,10-12H2,1H3. The van der Waals surface area contributed by atoms with Crippen molar-refractivity contribution in [2.24, 2.45) is 0 Å². The molecular weight excluding hydrogens is 302 g/mol. The number of anilines is 1. The highest BCUT2D eigenvalue weighted by atomic mass is 16.2. The Hall–Kier alpha value is -1.69. The van der Waals surface area contributed by atoms with Crippen LogP contribution in [0, 0.1) is 0 Å². The molecule has 0 spiro atoms. The first kappa shape index (κ1) is 15.8. The lowest BCUT2D eigenvalue weighted by atomic mass is 9.97. The van der Waals surface area contributed by atoms with E-state index in [0.29, 0.717) is 18.0 Å². The van der Waals surface area contributed by atoms with E-state index in [9.17, 15) is 4.79 Å². The van der Waals surface area contributed by atoms with E-state index in [0.717, 1.165) is 51.1 Å². The van der Waals surface area contributed by atoms with Crippen molar-refractivity contribution in [3.8, 4) is 0 Å². The number of likely N-dealkylation sites (N-methyl/N-ethyl adjacent to an activating group) is 1. The highest BCUT2D eigenvalue weighted by Crippen LogP contribution is 2.35. The van der Waals surface area contributed by atoms with Gasteiger partial charge in [0.1, 0.15) is 12.1 Å². The molecule has 1 aromatic rings. The molecule has 3 aliphatic rings. The van der Waals surface area contributed by atoms with Crippen LogP contribution in [0.4, 0.5) is 5.82 Å². The van der Waals surface area contributed by atoms with Crippen LogP contribution in [0.3, 0.4) is 0 Å². The topological polar surface area (TPSA) is 52.6 Å². The number of hydrogen-bond acceptors (Lipinski definition) is 5. The lowest BCUT2D eigenvalue weighted by Crippen LogP contribution is -2.55. The number of aromatic nitrogens is 2. The molecule has 1 unspecified atom stereocenters. The second-order valence-corrected chi connectivity index (χ2v) is 7.39. The highest BCUT2D eigenvalue weighted by Gasteiger charge is 2.39. The number of carbonyl (C=O) groups is 1. The number of likely N-dealkylation sites (tertiary alicyclic amines) is 2. The van der Waals surface area contributed by atoms with Crippen LogP contribution >= 0.6 is 0 Å². The van der Waals surface area contributed by atoms with E-state index in [2.05, 4.69) is 19.8 Å². The monoisotopic (exact) mass is 329 g/mol. The molecule has 1 aromatic heterocycles. The minimum atomic E-state index is 0.109. The largest absolute Gasteiger partial charge is 0.350 e. The van der Waals surface area contributed by atoms with Crippen LogP contribution in [0.5, 0.6) is 0 Å². The van der Waals surface area contributed by atoms with Crippen molar-refractivity contribution in [1.82, 2.24) is 19.8 Å². The van der Waals surface area contributed by atoms with E-state index >= 15 is 0 Å². The smallest absolute Gasteiger partial charge is 0.239 e. The molecular formula is C18H27N5O. The molecule has 6 nitrogen and oxygen atoms in total. The van der Waals surface area contributed by atoms with Gasteiger partial charge in [-0.15, -0.1) is 0 Å². The normalized spacial score (nSPS) is 26.6. The number of carbonyl (C=O) groups excluding carboxylic acids is 1. The second kappa shape index (κ2) is 6.67. The first-order valence-electron chi connectivity index (χ1n) is 9.27. The molecule has 6 heteroatoms. The van der Waals surface area contributed by atoms with Crippen molar-refractivity contribution >= 4 is 11.7 Å². The maximum absolute atomic E-state index is 12.4. The van der Waals surface area contributed by atoms with Gasteiger partial charge in [0.2, 0.25) is 5.91 Å². The van der Waals surface area contributed by atoms with Gasteiger partial charge in [-0.3, -0.25) is 9.69 Å². The first-order chi connectivity index (χ1) is 11.7. The van der Waals surface area contributed by atoms with Crippen molar-refractivity contribution in [3.05, 3.63) is 18.6 Å². The predicted octanol–water partition coefficient (Wildman–Crippen LogP) is 1.53. The quantitative estimate of drug-likeness (QED) is 0.838.